The molecule has 1 saturated heterocycles. The summed E-state index contributed by atoms with van der Waals surface area (Å²) in [4.78, 5) is 16.5. The van der Waals surface area contributed by atoms with Crippen molar-refractivity contribution in [3.05, 3.63) is 29.8 Å². The van der Waals surface area contributed by atoms with Crippen LogP contribution in [-0.2, 0) is 4.79 Å². The fourth-order valence-corrected chi connectivity index (χ4v) is 2.57. The molecule has 0 aromatic heterocycles. The maximum absolute atomic E-state index is 12.3. The number of methoxy groups -OCH3 is 1. The van der Waals surface area contributed by atoms with Crippen LogP contribution < -0.4 is 9.47 Å². The molecule has 128 valence electrons. The van der Waals surface area contributed by atoms with Crippen molar-refractivity contribution < 1.29 is 14.3 Å². The highest BCUT2D eigenvalue weighted by Crippen LogP contribution is 2.28. The Kier molecular flexibility index (Phi) is 6.64. The molecule has 1 fully saturated rings. The highest BCUT2D eigenvalue weighted by Gasteiger charge is 2.18. The molecule has 1 heterocycles. The minimum Gasteiger partial charge on any atom is -0.493 e. The summed E-state index contributed by atoms with van der Waals surface area (Å²) in [5.74, 6) is 1.07. The Morgan fingerprint density at radius 2 is 2.04 bits per heavy atom. The zero-order valence-corrected chi connectivity index (χ0v) is 14.2. The zero-order valence-electron chi connectivity index (χ0n) is 14.2. The number of amides is 1. The second-order valence-electron chi connectivity index (χ2n) is 5.45. The zero-order chi connectivity index (χ0) is 17.4. The second kappa shape index (κ2) is 8.94. The van der Waals surface area contributed by atoms with Gasteiger partial charge >= 0.3 is 0 Å². The summed E-state index contributed by atoms with van der Waals surface area (Å²) in [6.07, 6.45) is 3.36. The Bertz CT molecular complexity index is 629. The number of likely N-dealkylation sites (N-methyl/N-ethyl adjacent to an activating group) is 1. The van der Waals surface area contributed by atoms with Crippen molar-refractivity contribution in [2.75, 3.05) is 46.4 Å². The van der Waals surface area contributed by atoms with Crippen LogP contribution in [0.25, 0.3) is 6.08 Å². The molecule has 1 aliphatic heterocycles. The van der Waals surface area contributed by atoms with E-state index in [1.807, 2.05) is 17.0 Å². The Labute approximate surface area is 142 Å². The molecule has 1 amide bonds. The molecule has 6 nitrogen and oxygen atoms in total. The van der Waals surface area contributed by atoms with E-state index in [1.54, 1.807) is 31.4 Å². The van der Waals surface area contributed by atoms with Crippen LogP contribution in [0.1, 0.15) is 12.5 Å². The molecule has 0 radical (unpaired) electrons. The number of carbonyl (C=O) groups excluding carboxylic acids is 1. The molecular formula is C18H23N3O3. The van der Waals surface area contributed by atoms with Crippen molar-refractivity contribution in [2.24, 2.45) is 0 Å². The molecule has 0 saturated carbocycles. The molecule has 0 N–H and O–H groups in total. The van der Waals surface area contributed by atoms with E-state index in [-0.39, 0.29) is 12.5 Å². The number of piperazine rings is 1. The molecule has 0 spiro atoms. The number of hydrogen-bond donors (Lipinski definition) is 0. The molecule has 1 aliphatic rings. The maximum Gasteiger partial charge on any atom is 0.246 e. The summed E-state index contributed by atoms with van der Waals surface area (Å²) in [6, 6.07) is 7.27. The lowest BCUT2D eigenvalue weighted by Crippen LogP contribution is -2.48. The molecule has 24 heavy (non-hydrogen) atoms. The maximum atomic E-state index is 12.3. The smallest absolute Gasteiger partial charge is 0.246 e. The van der Waals surface area contributed by atoms with Crippen molar-refractivity contribution in [3.8, 4) is 17.6 Å². The van der Waals surface area contributed by atoms with Gasteiger partial charge in [0.15, 0.2) is 18.1 Å². The SMILES string of the molecule is CCN1CCN(C(=O)/C=C/c2ccc(OCC#N)c(OC)c2)CC1. The standard InChI is InChI=1S/C18H23N3O3/c1-3-20-9-11-21(12-10-20)18(22)7-5-15-4-6-16(24-13-8-19)17(14-15)23-2/h4-7,14H,3,9-13H2,1-2H3/b7-5+. The van der Waals surface area contributed by atoms with Gasteiger partial charge in [-0.3, -0.25) is 4.79 Å². The van der Waals surface area contributed by atoms with E-state index in [1.165, 1.54) is 0 Å². The van der Waals surface area contributed by atoms with Gasteiger partial charge in [0.2, 0.25) is 5.91 Å². The highest BCUT2D eigenvalue weighted by atomic mass is 16.5. The van der Waals surface area contributed by atoms with Crippen molar-refractivity contribution >= 4 is 12.0 Å². The molecule has 6 heteroatoms. The van der Waals surface area contributed by atoms with E-state index in [0.29, 0.717) is 11.5 Å². The first-order valence-corrected chi connectivity index (χ1v) is 8.05. The fourth-order valence-electron chi connectivity index (χ4n) is 2.57. The Morgan fingerprint density at radius 3 is 2.67 bits per heavy atom. The quantitative estimate of drug-likeness (QED) is 0.744. The van der Waals surface area contributed by atoms with E-state index in [2.05, 4.69) is 11.8 Å². The Hall–Kier alpha value is -2.52. The highest BCUT2D eigenvalue weighted by molar-refractivity contribution is 5.92. The van der Waals surface area contributed by atoms with Crippen LogP contribution in [0.3, 0.4) is 0 Å². The normalized spacial score (nSPS) is 15.3. The molecule has 0 aliphatic carbocycles. The van der Waals surface area contributed by atoms with Crippen LogP contribution in [0.5, 0.6) is 11.5 Å². The van der Waals surface area contributed by atoms with Gasteiger partial charge in [0, 0.05) is 32.3 Å². The van der Waals surface area contributed by atoms with Gasteiger partial charge in [0.1, 0.15) is 6.07 Å². The average molecular weight is 329 g/mol. The molecule has 0 unspecified atom stereocenters. The summed E-state index contributed by atoms with van der Waals surface area (Å²) in [5, 5.41) is 8.57. The molecule has 1 aromatic rings. The van der Waals surface area contributed by atoms with E-state index in [9.17, 15) is 4.79 Å². The summed E-state index contributed by atoms with van der Waals surface area (Å²) in [7, 11) is 1.54. The van der Waals surface area contributed by atoms with Gasteiger partial charge < -0.3 is 19.3 Å². The van der Waals surface area contributed by atoms with Crippen LogP contribution in [0.15, 0.2) is 24.3 Å². The van der Waals surface area contributed by atoms with Gasteiger partial charge in [-0.15, -0.1) is 0 Å². The average Bonchev–Trinajstić information content (AvgIpc) is 2.64. The first-order valence-electron chi connectivity index (χ1n) is 8.05. The molecule has 0 atom stereocenters. The fraction of sp³-hybridized carbons (Fsp3) is 0.444. The first-order chi connectivity index (χ1) is 11.7. The van der Waals surface area contributed by atoms with Gasteiger partial charge in [0.05, 0.1) is 7.11 Å². The van der Waals surface area contributed by atoms with Crippen LogP contribution >= 0.6 is 0 Å². The lowest BCUT2D eigenvalue weighted by atomic mass is 10.2. The number of benzene rings is 1. The number of hydrogen-bond acceptors (Lipinski definition) is 5. The van der Waals surface area contributed by atoms with Gasteiger partial charge in [-0.05, 0) is 30.3 Å². The van der Waals surface area contributed by atoms with Crippen LogP contribution in [0.4, 0.5) is 0 Å². The number of nitriles is 1. The molecule has 2 rings (SSSR count). The number of nitrogens with zero attached hydrogens (tertiary/aromatic N) is 3. The Balaban J connectivity index is 1.98. The lowest BCUT2D eigenvalue weighted by Gasteiger charge is -2.33. The minimum absolute atomic E-state index is 0.0227. The third-order valence-electron chi connectivity index (χ3n) is 4.03. The van der Waals surface area contributed by atoms with Crippen molar-refractivity contribution in [1.82, 2.24) is 9.80 Å². The monoisotopic (exact) mass is 329 g/mol. The van der Waals surface area contributed by atoms with Crippen molar-refractivity contribution in [3.63, 3.8) is 0 Å². The van der Waals surface area contributed by atoms with E-state index in [0.717, 1.165) is 38.3 Å². The van der Waals surface area contributed by atoms with Gasteiger partial charge in [-0.25, -0.2) is 0 Å². The van der Waals surface area contributed by atoms with Crippen LogP contribution in [-0.4, -0.2) is 62.1 Å². The Morgan fingerprint density at radius 1 is 1.29 bits per heavy atom. The third-order valence-corrected chi connectivity index (χ3v) is 4.03. The number of rotatable bonds is 6. The molecule has 0 bridgehead atoms. The summed E-state index contributed by atoms with van der Waals surface area (Å²) >= 11 is 0. The van der Waals surface area contributed by atoms with Crippen LogP contribution in [0.2, 0.25) is 0 Å². The van der Waals surface area contributed by atoms with Crippen molar-refractivity contribution in [2.45, 2.75) is 6.92 Å². The van der Waals surface area contributed by atoms with E-state index in [4.69, 9.17) is 14.7 Å². The largest absolute Gasteiger partial charge is 0.493 e. The minimum atomic E-state index is -0.0340. The predicted octanol–water partition coefficient (Wildman–Crippen LogP) is 1.77. The lowest BCUT2D eigenvalue weighted by molar-refractivity contribution is -0.127. The van der Waals surface area contributed by atoms with Crippen molar-refractivity contribution in [1.29, 1.82) is 5.26 Å². The predicted molar refractivity (Wildman–Crippen MR) is 91.8 cm³/mol. The van der Waals surface area contributed by atoms with Crippen LogP contribution in [0, 0.1) is 11.3 Å². The van der Waals surface area contributed by atoms with E-state index >= 15 is 0 Å². The third kappa shape index (κ3) is 4.74. The first kappa shape index (κ1) is 17.8. The van der Waals surface area contributed by atoms with Gasteiger partial charge in [0.25, 0.3) is 0 Å². The van der Waals surface area contributed by atoms with E-state index < -0.39 is 0 Å². The molecular weight excluding hydrogens is 306 g/mol. The number of carbonyl (C=O) groups is 1. The summed E-state index contributed by atoms with van der Waals surface area (Å²) in [6.45, 7) is 6.51. The number of ether oxygens (including phenoxy) is 2. The topological polar surface area (TPSA) is 65.8 Å². The second-order valence-corrected chi connectivity index (χ2v) is 5.45. The summed E-state index contributed by atoms with van der Waals surface area (Å²) in [5.41, 5.74) is 0.844. The van der Waals surface area contributed by atoms with Gasteiger partial charge in [-0.2, -0.15) is 5.26 Å². The summed E-state index contributed by atoms with van der Waals surface area (Å²) < 4.78 is 10.5. The molecule has 1 aromatic carbocycles. The van der Waals surface area contributed by atoms with Gasteiger partial charge in [-0.1, -0.05) is 13.0 Å².